The Morgan fingerprint density at radius 3 is 2.64 bits per heavy atom. The normalized spacial score (nSPS) is 14.1. The lowest BCUT2D eigenvalue weighted by molar-refractivity contribution is 0.732. The third-order valence-corrected chi connectivity index (χ3v) is 2.48. The number of hydrogen-bond donors (Lipinski definition) is 1. The van der Waals surface area contributed by atoms with E-state index in [1.165, 1.54) is 5.56 Å². The maximum atomic E-state index is 5.88. The van der Waals surface area contributed by atoms with E-state index in [-0.39, 0.29) is 0 Å². The molecular weight excluding hydrogens is 172 g/mol. The molecule has 1 atom stereocenters. The highest BCUT2D eigenvalue weighted by molar-refractivity contribution is 5.85. The Balaban J connectivity index is 2.91. The average Bonchev–Trinajstić information content (AvgIpc) is 2.20. The fourth-order valence-electron chi connectivity index (χ4n) is 1.15. The molecule has 2 nitrogen and oxygen atoms in total. The van der Waals surface area contributed by atoms with Crippen molar-refractivity contribution in [1.82, 2.24) is 0 Å². The number of benzene rings is 1. The summed E-state index contributed by atoms with van der Waals surface area (Å²) in [5, 5.41) is 0. The molecule has 76 valence electrons. The lowest BCUT2D eigenvalue weighted by Crippen LogP contribution is -2.20. The molecule has 0 bridgehead atoms. The molecule has 0 fully saturated rings. The first-order chi connectivity index (χ1) is 6.65. The van der Waals surface area contributed by atoms with Crippen LogP contribution in [0.2, 0.25) is 0 Å². The summed E-state index contributed by atoms with van der Waals surface area (Å²) in [6.07, 6.45) is 1.03. The van der Waals surface area contributed by atoms with Gasteiger partial charge in [-0.1, -0.05) is 32.0 Å². The topological polar surface area (TPSA) is 38.4 Å². The van der Waals surface area contributed by atoms with Crippen molar-refractivity contribution >= 4 is 11.5 Å². The number of nitrogens with two attached hydrogens (primary N) is 1. The molecule has 0 amide bonds. The monoisotopic (exact) mass is 190 g/mol. The first kappa shape index (κ1) is 10.8. The van der Waals surface area contributed by atoms with Crippen LogP contribution in [0, 0.1) is 12.8 Å². The van der Waals surface area contributed by atoms with Gasteiger partial charge in [0.15, 0.2) is 0 Å². The van der Waals surface area contributed by atoms with E-state index < -0.39 is 0 Å². The Morgan fingerprint density at radius 1 is 1.43 bits per heavy atom. The van der Waals surface area contributed by atoms with E-state index in [1.54, 1.807) is 0 Å². The summed E-state index contributed by atoms with van der Waals surface area (Å²) in [5.41, 5.74) is 8.02. The number of amidine groups is 1. The molecule has 2 heteroatoms. The molecule has 0 heterocycles. The van der Waals surface area contributed by atoms with Crippen LogP contribution in [-0.4, -0.2) is 5.84 Å². The van der Waals surface area contributed by atoms with Gasteiger partial charge in [0.2, 0.25) is 0 Å². The number of hydrogen-bond acceptors (Lipinski definition) is 1. The predicted molar refractivity (Wildman–Crippen MR) is 61.9 cm³/mol. The van der Waals surface area contributed by atoms with Gasteiger partial charge >= 0.3 is 0 Å². The van der Waals surface area contributed by atoms with Gasteiger partial charge in [-0.2, -0.15) is 0 Å². The van der Waals surface area contributed by atoms with E-state index in [4.69, 9.17) is 5.73 Å². The summed E-state index contributed by atoms with van der Waals surface area (Å²) in [6.45, 7) is 6.25. The van der Waals surface area contributed by atoms with E-state index in [2.05, 4.69) is 18.8 Å². The average molecular weight is 190 g/mol. The van der Waals surface area contributed by atoms with Crippen molar-refractivity contribution in [2.45, 2.75) is 27.2 Å². The number of nitrogens with zero attached hydrogens (tertiary/aromatic N) is 1. The highest BCUT2D eigenvalue weighted by Gasteiger charge is 2.04. The molecular formula is C12H18N2. The molecule has 1 unspecified atom stereocenters. The van der Waals surface area contributed by atoms with E-state index >= 15 is 0 Å². The molecule has 2 N–H and O–H groups in total. The molecule has 0 aliphatic rings. The van der Waals surface area contributed by atoms with Gasteiger partial charge in [-0.3, -0.25) is 0 Å². The van der Waals surface area contributed by atoms with Gasteiger partial charge in [-0.05, 0) is 25.0 Å². The van der Waals surface area contributed by atoms with E-state index in [0.717, 1.165) is 17.9 Å². The second kappa shape index (κ2) is 4.80. The molecule has 0 aliphatic heterocycles. The van der Waals surface area contributed by atoms with Crippen LogP contribution in [0.1, 0.15) is 25.8 Å². The van der Waals surface area contributed by atoms with E-state index in [1.807, 2.05) is 31.2 Å². The molecule has 0 aromatic heterocycles. The molecule has 0 aliphatic carbocycles. The van der Waals surface area contributed by atoms with Crippen LogP contribution in [0.15, 0.2) is 29.3 Å². The van der Waals surface area contributed by atoms with Crippen molar-refractivity contribution in [2.75, 3.05) is 0 Å². The minimum Gasteiger partial charge on any atom is -0.387 e. The first-order valence-corrected chi connectivity index (χ1v) is 5.04. The van der Waals surface area contributed by atoms with Crippen LogP contribution in [0.5, 0.6) is 0 Å². The molecule has 0 radical (unpaired) electrons. The fourth-order valence-corrected chi connectivity index (χ4v) is 1.15. The second-order valence-corrected chi connectivity index (χ2v) is 3.63. The summed E-state index contributed by atoms with van der Waals surface area (Å²) in [7, 11) is 0. The summed E-state index contributed by atoms with van der Waals surface area (Å²) in [4.78, 5) is 4.42. The van der Waals surface area contributed by atoms with E-state index in [0.29, 0.717) is 5.92 Å². The molecule has 1 aromatic rings. The van der Waals surface area contributed by atoms with Crippen molar-refractivity contribution in [3.8, 4) is 0 Å². The molecule has 0 spiro atoms. The fraction of sp³-hybridized carbons (Fsp3) is 0.417. The van der Waals surface area contributed by atoms with Gasteiger partial charge in [0, 0.05) is 5.92 Å². The van der Waals surface area contributed by atoms with Crippen LogP contribution in [0.4, 0.5) is 5.69 Å². The Labute approximate surface area is 85.9 Å². The Morgan fingerprint density at radius 2 is 2.07 bits per heavy atom. The molecule has 0 saturated heterocycles. The second-order valence-electron chi connectivity index (χ2n) is 3.63. The predicted octanol–water partition coefficient (Wildman–Crippen LogP) is 3.03. The van der Waals surface area contributed by atoms with E-state index in [9.17, 15) is 0 Å². The van der Waals surface area contributed by atoms with Crippen LogP contribution in [-0.2, 0) is 0 Å². The lowest BCUT2D eigenvalue weighted by Gasteiger charge is -2.08. The lowest BCUT2D eigenvalue weighted by atomic mass is 10.1. The Bertz CT molecular complexity index is 329. The summed E-state index contributed by atoms with van der Waals surface area (Å²) >= 11 is 0. The maximum Gasteiger partial charge on any atom is 0.102 e. The van der Waals surface area contributed by atoms with Gasteiger partial charge in [-0.25, -0.2) is 4.99 Å². The highest BCUT2D eigenvalue weighted by Crippen LogP contribution is 2.18. The molecule has 1 rings (SSSR count). The number of para-hydroxylation sites is 1. The summed E-state index contributed by atoms with van der Waals surface area (Å²) in [6, 6.07) is 8.02. The molecule has 14 heavy (non-hydrogen) atoms. The van der Waals surface area contributed by atoms with Gasteiger partial charge in [0.25, 0.3) is 0 Å². The van der Waals surface area contributed by atoms with Crippen molar-refractivity contribution in [1.29, 1.82) is 0 Å². The van der Waals surface area contributed by atoms with Gasteiger partial charge in [-0.15, -0.1) is 0 Å². The number of rotatable bonds is 3. The van der Waals surface area contributed by atoms with Gasteiger partial charge in [0.1, 0.15) is 5.84 Å². The van der Waals surface area contributed by atoms with Crippen molar-refractivity contribution in [3.63, 3.8) is 0 Å². The zero-order chi connectivity index (χ0) is 10.6. The first-order valence-electron chi connectivity index (χ1n) is 5.04. The molecule has 1 aromatic carbocycles. The van der Waals surface area contributed by atoms with Crippen LogP contribution in [0.3, 0.4) is 0 Å². The zero-order valence-electron chi connectivity index (χ0n) is 9.12. The van der Waals surface area contributed by atoms with Crippen molar-refractivity contribution in [3.05, 3.63) is 29.8 Å². The SMILES string of the molecule is CCC(C)C(N)=Nc1ccccc1C. The van der Waals surface area contributed by atoms with Crippen LogP contribution < -0.4 is 5.73 Å². The summed E-state index contributed by atoms with van der Waals surface area (Å²) in [5.74, 6) is 1.08. The smallest absolute Gasteiger partial charge is 0.102 e. The van der Waals surface area contributed by atoms with Crippen LogP contribution in [0.25, 0.3) is 0 Å². The van der Waals surface area contributed by atoms with Gasteiger partial charge in [0.05, 0.1) is 5.69 Å². The van der Waals surface area contributed by atoms with Crippen LogP contribution >= 0.6 is 0 Å². The minimum atomic E-state index is 0.356. The third kappa shape index (κ3) is 2.59. The third-order valence-electron chi connectivity index (χ3n) is 2.48. The summed E-state index contributed by atoms with van der Waals surface area (Å²) < 4.78 is 0. The van der Waals surface area contributed by atoms with Crippen molar-refractivity contribution < 1.29 is 0 Å². The number of aryl methyl sites for hydroxylation is 1. The minimum absolute atomic E-state index is 0.356. The largest absolute Gasteiger partial charge is 0.387 e. The Hall–Kier alpha value is -1.31. The maximum absolute atomic E-state index is 5.88. The standard InChI is InChI=1S/C12H18N2/c1-4-9(2)12(13)14-11-8-6-5-7-10(11)3/h5-9H,4H2,1-3H3,(H2,13,14). The van der Waals surface area contributed by atoms with Gasteiger partial charge < -0.3 is 5.73 Å². The molecule has 0 saturated carbocycles. The highest BCUT2D eigenvalue weighted by atomic mass is 14.9. The Kier molecular flexibility index (Phi) is 3.69. The zero-order valence-corrected chi connectivity index (χ0v) is 9.12. The quantitative estimate of drug-likeness (QED) is 0.577. The number of aliphatic imine (C=N–C) groups is 1. The van der Waals surface area contributed by atoms with Crippen molar-refractivity contribution in [2.24, 2.45) is 16.6 Å².